The second kappa shape index (κ2) is 9.64. The fraction of sp³-hybridized carbons (Fsp3) is 0.471. The van der Waals surface area contributed by atoms with E-state index >= 15 is 0 Å². The van der Waals surface area contributed by atoms with Crippen LogP contribution >= 0.6 is 0 Å². The van der Waals surface area contributed by atoms with Gasteiger partial charge in [0.15, 0.2) is 0 Å². The SMILES string of the molecule is CCCN(CCC)C(=O)CCC(=O)Nc1cc(C(=O)O)ccc1F. The molecule has 2 amide bonds. The summed E-state index contributed by atoms with van der Waals surface area (Å²) >= 11 is 0. The lowest BCUT2D eigenvalue weighted by Gasteiger charge is -2.21. The molecule has 132 valence electrons. The minimum atomic E-state index is -1.21. The number of carbonyl (C=O) groups is 3. The summed E-state index contributed by atoms with van der Waals surface area (Å²) in [7, 11) is 0. The van der Waals surface area contributed by atoms with Gasteiger partial charge in [0.25, 0.3) is 0 Å². The third-order valence-corrected chi connectivity index (χ3v) is 3.39. The highest BCUT2D eigenvalue weighted by atomic mass is 19.1. The molecule has 0 radical (unpaired) electrons. The quantitative estimate of drug-likeness (QED) is 0.725. The molecule has 0 heterocycles. The molecule has 0 bridgehead atoms. The summed E-state index contributed by atoms with van der Waals surface area (Å²) < 4.78 is 13.6. The average Bonchev–Trinajstić information content (AvgIpc) is 2.54. The summed E-state index contributed by atoms with van der Waals surface area (Å²) in [4.78, 5) is 36.6. The number of anilines is 1. The van der Waals surface area contributed by atoms with Crippen molar-refractivity contribution in [2.45, 2.75) is 39.5 Å². The Hall–Kier alpha value is -2.44. The highest BCUT2D eigenvalue weighted by Crippen LogP contribution is 2.17. The summed E-state index contributed by atoms with van der Waals surface area (Å²) in [5.74, 6) is -2.58. The van der Waals surface area contributed by atoms with Crippen molar-refractivity contribution in [2.24, 2.45) is 0 Å². The van der Waals surface area contributed by atoms with Gasteiger partial charge < -0.3 is 15.3 Å². The molecule has 6 nitrogen and oxygen atoms in total. The predicted octanol–water partition coefficient (Wildman–Crippen LogP) is 2.89. The number of hydrogen-bond donors (Lipinski definition) is 2. The Bertz CT molecular complexity index is 598. The van der Waals surface area contributed by atoms with E-state index in [4.69, 9.17) is 5.11 Å². The number of amides is 2. The summed E-state index contributed by atoms with van der Waals surface area (Å²) in [6.45, 7) is 5.23. The molecule has 0 saturated heterocycles. The normalized spacial score (nSPS) is 10.3. The van der Waals surface area contributed by atoms with Crippen molar-refractivity contribution in [1.29, 1.82) is 0 Å². The lowest BCUT2D eigenvalue weighted by atomic mass is 10.2. The Kier molecular flexibility index (Phi) is 7.88. The van der Waals surface area contributed by atoms with Crippen LogP contribution < -0.4 is 5.32 Å². The third-order valence-electron chi connectivity index (χ3n) is 3.39. The zero-order chi connectivity index (χ0) is 18.1. The van der Waals surface area contributed by atoms with E-state index in [1.54, 1.807) is 4.90 Å². The topological polar surface area (TPSA) is 86.7 Å². The number of aromatic carboxylic acids is 1. The first-order chi connectivity index (χ1) is 11.4. The number of hydrogen-bond acceptors (Lipinski definition) is 3. The van der Waals surface area contributed by atoms with Crippen LogP contribution in [0.5, 0.6) is 0 Å². The number of benzene rings is 1. The van der Waals surface area contributed by atoms with Gasteiger partial charge in [0.1, 0.15) is 5.82 Å². The van der Waals surface area contributed by atoms with Crippen molar-refractivity contribution in [1.82, 2.24) is 4.90 Å². The molecule has 2 N–H and O–H groups in total. The molecule has 0 spiro atoms. The maximum Gasteiger partial charge on any atom is 0.335 e. The van der Waals surface area contributed by atoms with Crippen molar-refractivity contribution in [3.05, 3.63) is 29.6 Å². The van der Waals surface area contributed by atoms with Crippen molar-refractivity contribution < 1.29 is 23.9 Å². The first kappa shape index (κ1) is 19.6. The molecule has 24 heavy (non-hydrogen) atoms. The highest BCUT2D eigenvalue weighted by Gasteiger charge is 2.15. The Labute approximate surface area is 140 Å². The number of carboxylic acids is 1. The highest BCUT2D eigenvalue weighted by molar-refractivity contribution is 5.95. The Morgan fingerprint density at radius 1 is 1.12 bits per heavy atom. The van der Waals surface area contributed by atoms with Crippen LogP contribution in [0.3, 0.4) is 0 Å². The van der Waals surface area contributed by atoms with Crippen LogP contribution in [0.1, 0.15) is 49.9 Å². The Morgan fingerprint density at radius 2 is 1.75 bits per heavy atom. The summed E-state index contributed by atoms with van der Waals surface area (Å²) in [6, 6.07) is 3.15. The molecule has 0 fully saturated rings. The van der Waals surface area contributed by atoms with Crippen LogP contribution in [-0.4, -0.2) is 40.9 Å². The van der Waals surface area contributed by atoms with Crippen LogP contribution in [0, 0.1) is 5.82 Å². The predicted molar refractivity (Wildman–Crippen MR) is 88.4 cm³/mol. The molecular formula is C17H23FN2O4. The first-order valence-electron chi connectivity index (χ1n) is 7.99. The molecule has 0 atom stereocenters. The third kappa shape index (κ3) is 5.98. The zero-order valence-corrected chi connectivity index (χ0v) is 14.0. The molecule has 0 unspecified atom stereocenters. The van der Waals surface area contributed by atoms with Crippen molar-refractivity contribution in [3.8, 4) is 0 Å². The van der Waals surface area contributed by atoms with Crippen molar-refractivity contribution >= 4 is 23.5 Å². The number of halogens is 1. The van der Waals surface area contributed by atoms with Crippen molar-refractivity contribution in [2.75, 3.05) is 18.4 Å². The van der Waals surface area contributed by atoms with E-state index in [1.165, 1.54) is 0 Å². The van der Waals surface area contributed by atoms with E-state index in [-0.39, 0.29) is 30.0 Å². The maximum atomic E-state index is 13.6. The maximum absolute atomic E-state index is 13.6. The lowest BCUT2D eigenvalue weighted by Crippen LogP contribution is -2.33. The number of nitrogens with zero attached hydrogens (tertiary/aromatic N) is 1. The van der Waals surface area contributed by atoms with Gasteiger partial charge in [-0.15, -0.1) is 0 Å². The molecule has 1 aromatic rings. The number of carboxylic acid groups (broad SMARTS) is 1. The first-order valence-corrected chi connectivity index (χ1v) is 7.99. The number of rotatable bonds is 9. The molecule has 7 heteroatoms. The van der Waals surface area contributed by atoms with E-state index in [9.17, 15) is 18.8 Å². The van der Waals surface area contributed by atoms with Gasteiger partial charge in [0, 0.05) is 25.9 Å². The van der Waals surface area contributed by atoms with Crippen LogP contribution in [0.25, 0.3) is 0 Å². The summed E-state index contributed by atoms with van der Waals surface area (Å²) in [5, 5.41) is 11.2. The average molecular weight is 338 g/mol. The molecule has 0 aliphatic rings. The van der Waals surface area contributed by atoms with Gasteiger partial charge in [-0.05, 0) is 31.0 Å². The van der Waals surface area contributed by atoms with Gasteiger partial charge in [0.05, 0.1) is 11.3 Å². The van der Waals surface area contributed by atoms with Crippen LogP contribution in [0.15, 0.2) is 18.2 Å². The minimum absolute atomic E-state index is 0.0338. The molecule has 0 aromatic heterocycles. The van der Waals surface area contributed by atoms with E-state index in [0.29, 0.717) is 13.1 Å². The fourth-order valence-corrected chi connectivity index (χ4v) is 2.25. The van der Waals surface area contributed by atoms with Crippen LogP contribution in [0.4, 0.5) is 10.1 Å². The lowest BCUT2D eigenvalue weighted by molar-refractivity contribution is -0.133. The van der Waals surface area contributed by atoms with Gasteiger partial charge in [-0.25, -0.2) is 9.18 Å². The monoisotopic (exact) mass is 338 g/mol. The standard InChI is InChI=1S/C17H23FN2O4/c1-3-9-20(10-4-2)16(22)8-7-15(21)19-14-11-12(17(23)24)5-6-13(14)18/h5-6,11H,3-4,7-10H2,1-2H3,(H,19,21)(H,23,24). The molecule has 1 aromatic carbocycles. The minimum Gasteiger partial charge on any atom is -0.478 e. The van der Waals surface area contributed by atoms with Gasteiger partial charge in [0.2, 0.25) is 11.8 Å². The molecule has 0 aliphatic carbocycles. The second-order valence-corrected chi connectivity index (χ2v) is 5.43. The zero-order valence-electron chi connectivity index (χ0n) is 14.0. The van der Waals surface area contributed by atoms with E-state index in [1.807, 2.05) is 13.8 Å². The van der Waals surface area contributed by atoms with E-state index < -0.39 is 17.7 Å². The molecule has 1 rings (SSSR count). The van der Waals surface area contributed by atoms with Crippen LogP contribution in [0.2, 0.25) is 0 Å². The number of carbonyl (C=O) groups excluding carboxylic acids is 2. The summed E-state index contributed by atoms with van der Waals surface area (Å²) in [5.41, 5.74) is -0.328. The van der Waals surface area contributed by atoms with Gasteiger partial charge in [-0.3, -0.25) is 9.59 Å². The molecular weight excluding hydrogens is 315 g/mol. The van der Waals surface area contributed by atoms with Gasteiger partial charge >= 0.3 is 5.97 Å². The largest absolute Gasteiger partial charge is 0.478 e. The molecule has 0 aliphatic heterocycles. The summed E-state index contributed by atoms with van der Waals surface area (Å²) in [6.07, 6.45) is 1.63. The second-order valence-electron chi connectivity index (χ2n) is 5.43. The Morgan fingerprint density at radius 3 is 2.29 bits per heavy atom. The Balaban J connectivity index is 2.62. The van der Waals surface area contributed by atoms with Gasteiger partial charge in [-0.1, -0.05) is 13.8 Å². The van der Waals surface area contributed by atoms with E-state index in [2.05, 4.69) is 5.32 Å². The smallest absolute Gasteiger partial charge is 0.335 e. The fourth-order valence-electron chi connectivity index (χ4n) is 2.25. The van der Waals surface area contributed by atoms with Crippen molar-refractivity contribution in [3.63, 3.8) is 0 Å². The number of nitrogens with one attached hydrogen (secondary N) is 1. The molecule has 0 saturated carbocycles. The van der Waals surface area contributed by atoms with Gasteiger partial charge in [-0.2, -0.15) is 0 Å². The van der Waals surface area contributed by atoms with E-state index in [0.717, 1.165) is 31.0 Å². The van der Waals surface area contributed by atoms with Crippen LogP contribution in [-0.2, 0) is 9.59 Å².